The van der Waals surface area contributed by atoms with Crippen LogP contribution >= 0.6 is 11.3 Å². The molecule has 0 aliphatic heterocycles. The van der Waals surface area contributed by atoms with Crippen LogP contribution < -0.4 is 5.73 Å². The van der Waals surface area contributed by atoms with Gasteiger partial charge in [-0.2, -0.15) is 16.4 Å². The van der Waals surface area contributed by atoms with Crippen LogP contribution in [0.3, 0.4) is 0 Å². The third-order valence-electron chi connectivity index (χ3n) is 3.50. The molecule has 0 amide bonds. The number of rotatable bonds is 1. The Labute approximate surface area is 108 Å². The fourth-order valence-corrected chi connectivity index (χ4v) is 3.25. The zero-order chi connectivity index (χ0) is 12.1. The van der Waals surface area contributed by atoms with Gasteiger partial charge in [0.05, 0.1) is 11.4 Å². The van der Waals surface area contributed by atoms with Crippen molar-refractivity contribution in [2.24, 2.45) is 0 Å². The summed E-state index contributed by atoms with van der Waals surface area (Å²) in [7, 11) is 0. The van der Waals surface area contributed by atoms with Crippen molar-refractivity contribution < 1.29 is 0 Å². The molecule has 0 atom stereocenters. The van der Waals surface area contributed by atoms with Crippen LogP contribution in [0, 0.1) is 0 Å². The van der Waals surface area contributed by atoms with E-state index in [0.717, 1.165) is 23.5 Å². The van der Waals surface area contributed by atoms with Gasteiger partial charge >= 0.3 is 0 Å². The maximum atomic E-state index is 6.05. The molecular formula is C14H11N3S. The Kier molecular flexibility index (Phi) is 1.91. The van der Waals surface area contributed by atoms with Gasteiger partial charge in [0.2, 0.25) is 0 Å². The van der Waals surface area contributed by atoms with E-state index in [0.29, 0.717) is 0 Å². The number of hydrogen-bond acceptors (Lipinski definition) is 3. The number of aromatic nitrogens is 2. The maximum absolute atomic E-state index is 6.05. The number of H-pyrrole nitrogens is 1. The van der Waals surface area contributed by atoms with Crippen LogP contribution in [0.15, 0.2) is 35.0 Å². The summed E-state index contributed by atoms with van der Waals surface area (Å²) in [5.41, 5.74) is 14.0. The third kappa shape index (κ3) is 1.21. The second kappa shape index (κ2) is 3.46. The first-order chi connectivity index (χ1) is 8.84. The fourth-order valence-electron chi connectivity index (χ4n) is 2.61. The molecule has 0 bridgehead atoms. The van der Waals surface area contributed by atoms with Gasteiger partial charge in [-0.05, 0) is 23.1 Å². The molecular weight excluding hydrogens is 242 g/mol. The third-order valence-corrected chi connectivity index (χ3v) is 4.18. The van der Waals surface area contributed by atoms with E-state index in [1.165, 1.54) is 22.3 Å². The summed E-state index contributed by atoms with van der Waals surface area (Å²) in [4.78, 5) is 0. The highest BCUT2D eigenvalue weighted by atomic mass is 32.1. The number of hydrogen-bond donors (Lipinski definition) is 2. The molecule has 88 valence electrons. The summed E-state index contributed by atoms with van der Waals surface area (Å²) >= 11 is 1.69. The van der Waals surface area contributed by atoms with Crippen molar-refractivity contribution in [1.29, 1.82) is 0 Å². The quantitative estimate of drug-likeness (QED) is 0.511. The molecule has 4 rings (SSSR count). The minimum absolute atomic E-state index is 0.869. The van der Waals surface area contributed by atoms with Crippen molar-refractivity contribution in [3.63, 3.8) is 0 Å². The first kappa shape index (κ1) is 9.91. The lowest BCUT2D eigenvalue weighted by molar-refractivity contribution is 1.10. The number of benzene rings is 1. The summed E-state index contributed by atoms with van der Waals surface area (Å²) < 4.78 is 0. The van der Waals surface area contributed by atoms with Crippen molar-refractivity contribution in [3.8, 4) is 22.5 Å². The average Bonchev–Trinajstić information content (AvgIpc) is 3.03. The van der Waals surface area contributed by atoms with Crippen LogP contribution in [0.1, 0.15) is 11.1 Å². The standard InChI is InChI=1S/C14H11N3S/c15-12-3-1-2-9-10(12)6-11-13(16-17-14(9)11)8-4-5-18-7-8/h1-5,7H,6,15H2,(H,16,17). The van der Waals surface area contributed by atoms with Crippen LogP contribution in [0.5, 0.6) is 0 Å². The first-order valence-electron chi connectivity index (χ1n) is 5.82. The van der Waals surface area contributed by atoms with Gasteiger partial charge in [-0.25, -0.2) is 0 Å². The Balaban J connectivity index is 1.94. The number of nitrogens with two attached hydrogens (primary N) is 1. The van der Waals surface area contributed by atoms with E-state index in [-0.39, 0.29) is 0 Å². The molecule has 0 unspecified atom stereocenters. The van der Waals surface area contributed by atoms with Crippen LogP contribution in [0.25, 0.3) is 22.5 Å². The lowest BCUT2D eigenvalue weighted by Gasteiger charge is -2.02. The number of nitrogen functional groups attached to an aromatic ring is 1. The Morgan fingerprint density at radius 1 is 1.22 bits per heavy atom. The highest BCUT2D eigenvalue weighted by Gasteiger charge is 2.26. The molecule has 0 fully saturated rings. The normalized spacial score (nSPS) is 12.4. The number of nitrogens with zero attached hydrogens (tertiary/aromatic N) is 1. The van der Waals surface area contributed by atoms with E-state index in [9.17, 15) is 0 Å². The minimum atomic E-state index is 0.869. The first-order valence-corrected chi connectivity index (χ1v) is 6.76. The van der Waals surface area contributed by atoms with Crippen molar-refractivity contribution in [2.75, 3.05) is 5.73 Å². The molecule has 3 nitrogen and oxygen atoms in total. The molecule has 1 aliphatic carbocycles. The van der Waals surface area contributed by atoms with Crippen LogP contribution in [-0.2, 0) is 6.42 Å². The topological polar surface area (TPSA) is 54.7 Å². The van der Waals surface area contributed by atoms with E-state index in [2.05, 4.69) is 33.1 Å². The van der Waals surface area contributed by atoms with Crippen molar-refractivity contribution >= 4 is 17.0 Å². The summed E-state index contributed by atoms with van der Waals surface area (Å²) in [5.74, 6) is 0. The summed E-state index contributed by atoms with van der Waals surface area (Å²) in [5, 5.41) is 11.8. The van der Waals surface area contributed by atoms with Crippen molar-refractivity contribution in [2.45, 2.75) is 6.42 Å². The summed E-state index contributed by atoms with van der Waals surface area (Å²) in [6.07, 6.45) is 0.874. The minimum Gasteiger partial charge on any atom is -0.398 e. The molecule has 1 aromatic carbocycles. The van der Waals surface area contributed by atoms with E-state index in [4.69, 9.17) is 5.73 Å². The Hall–Kier alpha value is -2.07. The smallest absolute Gasteiger partial charge is 0.0970 e. The molecule has 0 radical (unpaired) electrons. The highest BCUT2D eigenvalue weighted by molar-refractivity contribution is 7.08. The number of fused-ring (bicyclic) bond motifs is 3. The molecule has 3 N–H and O–H groups in total. The Morgan fingerprint density at radius 2 is 2.17 bits per heavy atom. The molecule has 0 saturated heterocycles. The van der Waals surface area contributed by atoms with E-state index >= 15 is 0 Å². The van der Waals surface area contributed by atoms with Gasteiger partial charge in [-0.1, -0.05) is 12.1 Å². The molecule has 1 aliphatic rings. The Morgan fingerprint density at radius 3 is 3.00 bits per heavy atom. The highest BCUT2D eigenvalue weighted by Crippen LogP contribution is 2.42. The molecule has 0 saturated carbocycles. The van der Waals surface area contributed by atoms with Gasteiger partial charge in [-0.3, -0.25) is 5.10 Å². The van der Waals surface area contributed by atoms with Gasteiger partial charge in [0.1, 0.15) is 0 Å². The molecule has 2 aromatic heterocycles. The van der Waals surface area contributed by atoms with Crippen molar-refractivity contribution in [1.82, 2.24) is 10.2 Å². The summed E-state index contributed by atoms with van der Waals surface area (Å²) in [6, 6.07) is 8.16. The molecule has 3 aromatic rings. The molecule has 4 heteroatoms. The zero-order valence-corrected chi connectivity index (χ0v) is 10.4. The number of aromatic amines is 1. The lowest BCUT2D eigenvalue weighted by atomic mass is 10.1. The van der Waals surface area contributed by atoms with E-state index in [1.54, 1.807) is 11.3 Å². The van der Waals surface area contributed by atoms with Gasteiger partial charge < -0.3 is 5.73 Å². The van der Waals surface area contributed by atoms with Crippen molar-refractivity contribution in [3.05, 3.63) is 46.2 Å². The second-order valence-corrected chi connectivity index (χ2v) is 5.27. The van der Waals surface area contributed by atoms with E-state index in [1.807, 2.05) is 12.1 Å². The number of anilines is 1. The molecule has 2 heterocycles. The lowest BCUT2D eigenvalue weighted by Crippen LogP contribution is -1.93. The van der Waals surface area contributed by atoms with Crippen LogP contribution in [-0.4, -0.2) is 10.2 Å². The fraction of sp³-hybridized carbons (Fsp3) is 0.0714. The maximum Gasteiger partial charge on any atom is 0.0970 e. The largest absolute Gasteiger partial charge is 0.398 e. The second-order valence-electron chi connectivity index (χ2n) is 4.49. The van der Waals surface area contributed by atoms with Gasteiger partial charge in [0.15, 0.2) is 0 Å². The predicted octanol–water partition coefficient (Wildman–Crippen LogP) is 3.29. The van der Waals surface area contributed by atoms with E-state index < -0.39 is 0 Å². The Bertz CT molecular complexity index is 726. The average molecular weight is 253 g/mol. The monoisotopic (exact) mass is 253 g/mol. The summed E-state index contributed by atoms with van der Waals surface area (Å²) in [6.45, 7) is 0. The SMILES string of the molecule is Nc1cccc2c1Cc1c(-c3ccsc3)n[nH]c1-2. The zero-order valence-electron chi connectivity index (χ0n) is 9.60. The van der Waals surface area contributed by atoms with Crippen LogP contribution in [0.2, 0.25) is 0 Å². The predicted molar refractivity (Wildman–Crippen MR) is 74.6 cm³/mol. The molecule has 0 spiro atoms. The number of thiophene rings is 1. The van der Waals surface area contributed by atoms with Gasteiger partial charge in [-0.15, -0.1) is 0 Å². The number of nitrogens with one attached hydrogen (secondary N) is 1. The van der Waals surface area contributed by atoms with Gasteiger partial charge in [0, 0.05) is 34.2 Å². The van der Waals surface area contributed by atoms with Crippen LogP contribution in [0.4, 0.5) is 5.69 Å². The van der Waals surface area contributed by atoms with Gasteiger partial charge in [0.25, 0.3) is 0 Å². The molecule has 18 heavy (non-hydrogen) atoms.